The molecule has 0 spiro atoms. The molecule has 4 rings (SSSR count). The molecule has 1 aromatic heterocycles. The number of aromatic nitrogens is 2. The van der Waals surface area contributed by atoms with Gasteiger partial charge in [-0.2, -0.15) is 0 Å². The Morgan fingerprint density at radius 2 is 1.87 bits per heavy atom. The van der Waals surface area contributed by atoms with Crippen molar-refractivity contribution in [1.29, 1.82) is 0 Å². The first-order valence-corrected chi connectivity index (χ1v) is 10.6. The number of nitrogens with zero attached hydrogens (tertiary/aromatic N) is 1. The molecule has 0 saturated heterocycles. The molecule has 3 aromatic carbocycles. The molecule has 0 saturated carbocycles. The Morgan fingerprint density at radius 1 is 1.07 bits per heavy atom. The average molecular weight is 418 g/mol. The van der Waals surface area contributed by atoms with Gasteiger partial charge in [0.1, 0.15) is 5.75 Å². The van der Waals surface area contributed by atoms with Gasteiger partial charge in [0.05, 0.1) is 18.1 Å². The number of methoxy groups -OCH3 is 1. The summed E-state index contributed by atoms with van der Waals surface area (Å²) in [7, 11) is 1.65. The van der Waals surface area contributed by atoms with Gasteiger partial charge < -0.3 is 15.0 Å². The summed E-state index contributed by atoms with van der Waals surface area (Å²) in [5.74, 6) is 1.46. The van der Waals surface area contributed by atoms with Crippen LogP contribution in [0.2, 0.25) is 0 Å². The lowest BCUT2D eigenvalue weighted by Crippen LogP contribution is -2.12. The van der Waals surface area contributed by atoms with E-state index in [1.807, 2.05) is 68.4 Å². The maximum absolute atomic E-state index is 12.6. The van der Waals surface area contributed by atoms with Gasteiger partial charge in [0.15, 0.2) is 5.16 Å². The Bertz CT molecular complexity index is 1200. The van der Waals surface area contributed by atoms with Gasteiger partial charge >= 0.3 is 0 Å². The number of H-pyrrole nitrogens is 1. The molecule has 30 heavy (non-hydrogen) atoms. The van der Waals surface area contributed by atoms with Gasteiger partial charge in [-0.3, -0.25) is 4.79 Å². The number of nitrogens with one attached hydrogen (secondary N) is 2. The van der Waals surface area contributed by atoms with Crippen LogP contribution in [0.1, 0.15) is 27.0 Å². The minimum absolute atomic E-state index is 0.104. The lowest BCUT2D eigenvalue weighted by atomic mass is 10.1. The SMILES string of the molecule is COc1ccc2nc(SCc3ccc(C(=O)Nc4ccc(C)cc4C)cc3)[nH]c2c1. The number of amides is 1. The fourth-order valence-corrected chi connectivity index (χ4v) is 4.05. The van der Waals surface area contributed by atoms with E-state index in [4.69, 9.17) is 4.74 Å². The topological polar surface area (TPSA) is 67.0 Å². The molecule has 0 aliphatic carbocycles. The molecule has 0 radical (unpaired) electrons. The van der Waals surface area contributed by atoms with E-state index in [0.717, 1.165) is 44.5 Å². The number of ether oxygens (including phenoxy) is 1. The lowest BCUT2D eigenvalue weighted by Gasteiger charge is -2.09. The zero-order valence-electron chi connectivity index (χ0n) is 17.2. The van der Waals surface area contributed by atoms with Crippen molar-refractivity contribution < 1.29 is 9.53 Å². The zero-order valence-corrected chi connectivity index (χ0v) is 18.0. The molecule has 152 valence electrons. The van der Waals surface area contributed by atoms with Crippen LogP contribution in [-0.2, 0) is 5.75 Å². The van der Waals surface area contributed by atoms with E-state index in [2.05, 4.69) is 21.4 Å². The summed E-state index contributed by atoms with van der Waals surface area (Å²) in [5.41, 5.74) is 6.70. The Morgan fingerprint density at radius 3 is 2.60 bits per heavy atom. The first kappa shape index (κ1) is 20.0. The summed E-state index contributed by atoms with van der Waals surface area (Å²) in [5, 5.41) is 3.84. The van der Waals surface area contributed by atoms with Crippen LogP contribution in [0.4, 0.5) is 5.69 Å². The maximum atomic E-state index is 12.6. The van der Waals surface area contributed by atoms with Crippen LogP contribution >= 0.6 is 11.8 Å². The lowest BCUT2D eigenvalue weighted by molar-refractivity contribution is 0.102. The molecule has 2 N–H and O–H groups in total. The van der Waals surface area contributed by atoms with Gasteiger partial charge in [-0.15, -0.1) is 0 Å². The summed E-state index contributed by atoms with van der Waals surface area (Å²) in [6.07, 6.45) is 0. The fourth-order valence-electron chi connectivity index (χ4n) is 3.21. The number of rotatable bonds is 6. The molecule has 0 aliphatic heterocycles. The van der Waals surface area contributed by atoms with E-state index >= 15 is 0 Å². The molecule has 6 heteroatoms. The summed E-state index contributed by atoms with van der Waals surface area (Å²) in [4.78, 5) is 20.5. The van der Waals surface area contributed by atoms with E-state index < -0.39 is 0 Å². The average Bonchev–Trinajstić information content (AvgIpc) is 3.16. The van der Waals surface area contributed by atoms with Crippen molar-refractivity contribution in [2.75, 3.05) is 12.4 Å². The Hall–Kier alpha value is -3.25. The van der Waals surface area contributed by atoms with Gasteiger partial charge in [0.25, 0.3) is 5.91 Å². The van der Waals surface area contributed by atoms with Crippen LogP contribution < -0.4 is 10.1 Å². The molecule has 0 bridgehead atoms. The standard InChI is InChI=1S/C24H23N3O2S/c1-15-4-10-20(16(2)12-15)25-23(28)18-7-5-17(6-8-18)14-30-24-26-21-11-9-19(29-3)13-22(21)27-24/h4-13H,14H2,1-3H3,(H,25,28)(H,26,27). The smallest absolute Gasteiger partial charge is 0.255 e. The number of imidazole rings is 1. The van der Waals surface area contributed by atoms with E-state index in [1.54, 1.807) is 18.9 Å². The third kappa shape index (κ3) is 4.49. The number of fused-ring (bicyclic) bond motifs is 1. The van der Waals surface area contributed by atoms with Gasteiger partial charge in [0.2, 0.25) is 0 Å². The quantitative estimate of drug-likeness (QED) is 0.393. The number of anilines is 1. The Balaban J connectivity index is 1.39. The monoisotopic (exact) mass is 417 g/mol. The number of hydrogen-bond acceptors (Lipinski definition) is 4. The number of aromatic amines is 1. The molecule has 1 heterocycles. The third-order valence-corrected chi connectivity index (χ3v) is 5.83. The second-order valence-electron chi connectivity index (χ2n) is 7.18. The number of carbonyl (C=O) groups is 1. The minimum Gasteiger partial charge on any atom is -0.497 e. The minimum atomic E-state index is -0.104. The predicted octanol–water partition coefficient (Wildman–Crippen LogP) is 5.73. The molecule has 0 aliphatic rings. The van der Waals surface area contributed by atoms with Crippen molar-refractivity contribution in [3.05, 3.63) is 82.9 Å². The Kier molecular flexibility index (Phi) is 5.77. The Labute approximate surface area is 179 Å². The van der Waals surface area contributed by atoms with Crippen molar-refractivity contribution in [1.82, 2.24) is 9.97 Å². The van der Waals surface area contributed by atoms with E-state index in [9.17, 15) is 4.79 Å². The number of thioether (sulfide) groups is 1. The van der Waals surface area contributed by atoms with E-state index in [1.165, 1.54) is 5.56 Å². The van der Waals surface area contributed by atoms with Gasteiger partial charge in [-0.1, -0.05) is 41.6 Å². The number of carbonyl (C=O) groups excluding carboxylic acids is 1. The van der Waals surface area contributed by atoms with Crippen LogP contribution in [-0.4, -0.2) is 23.0 Å². The highest BCUT2D eigenvalue weighted by atomic mass is 32.2. The molecular formula is C24H23N3O2S. The third-order valence-electron chi connectivity index (χ3n) is 4.89. The normalized spacial score (nSPS) is 10.9. The highest BCUT2D eigenvalue weighted by Gasteiger charge is 2.09. The number of hydrogen-bond donors (Lipinski definition) is 2. The predicted molar refractivity (Wildman–Crippen MR) is 123 cm³/mol. The molecule has 1 amide bonds. The molecule has 4 aromatic rings. The fraction of sp³-hybridized carbons (Fsp3) is 0.167. The van der Waals surface area contributed by atoms with Crippen LogP contribution in [0.25, 0.3) is 11.0 Å². The first-order chi connectivity index (χ1) is 14.5. The first-order valence-electron chi connectivity index (χ1n) is 9.66. The molecule has 0 fully saturated rings. The summed E-state index contributed by atoms with van der Waals surface area (Å²) in [6.45, 7) is 4.04. The van der Waals surface area contributed by atoms with Crippen molar-refractivity contribution in [2.45, 2.75) is 24.8 Å². The largest absolute Gasteiger partial charge is 0.497 e. The molecule has 5 nitrogen and oxygen atoms in total. The van der Waals surface area contributed by atoms with Gasteiger partial charge in [-0.25, -0.2) is 4.98 Å². The maximum Gasteiger partial charge on any atom is 0.255 e. The van der Waals surface area contributed by atoms with E-state index in [-0.39, 0.29) is 5.91 Å². The van der Waals surface area contributed by atoms with E-state index in [0.29, 0.717) is 5.56 Å². The van der Waals surface area contributed by atoms with Crippen LogP contribution in [0, 0.1) is 13.8 Å². The highest BCUT2D eigenvalue weighted by molar-refractivity contribution is 7.98. The molecule has 0 unspecified atom stereocenters. The van der Waals surface area contributed by atoms with Crippen molar-refractivity contribution in [3.8, 4) is 5.75 Å². The van der Waals surface area contributed by atoms with Crippen molar-refractivity contribution >= 4 is 34.4 Å². The van der Waals surface area contributed by atoms with Crippen LogP contribution in [0.3, 0.4) is 0 Å². The number of benzene rings is 3. The second kappa shape index (κ2) is 8.63. The number of aryl methyl sites for hydroxylation is 2. The second-order valence-corrected chi connectivity index (χ2v) is 8.15. The van der Waals surface area contributed by atoms with Crippen LogP contribution in [0.15, 0.2) is 65.8 Å². The summed E-state index contributed by atoms with van der Waals surface area (Å²) in [6, 6.07) is 19.5. The molecular weight excluding hydrogens is 394 g/mol. The zero-order chi connectivity index (χ0) is 21.1. The van der Waals surface area contributed by atoms with Crippen molar-refractivity contribution in [2.24, 2.45) is 0 Å². The summed E-state index contributed by atoms with van der Waals surface area (Å²) >= 11 is 1.62. The van der Waals surface area contributed by atoms with Crippen LogP contribution in [0.5, 0.6) is 5.75 Å². The summed E-state index contributed by atoms with van der Waals surface area (Å²) < 4.78 is 5.25. The van der Waals surface area contributed by atoms with Gasteiger partial charge in [-0.05, 0) is 55.3 Å². The van der Waals surface area contributed by atoms with Gasteiger partial charge in [0, 0.05) is 23.1 Å². The van der Waals surface area contributed by atoms with Crippen molar-refractivity contribution in [3.63, 3.8) is 0 Å². The highest BCUT2D eigenvalue weighted by Crippen LogP contribution is 2.25. The molecule has 0 atom stereocenters.